The van der Waals surface area contributed by atoms with Crippen LogP contribution in [-0.4, -0.2) is 43.5 Å². The fraction of sp³-hybridized carbons (Fsp3) is 0.591. The molecule has 30 heavy (non-hydrogen) atoms. The predicted molar refractivity (Wildman–Crippen MR) is 125 cm³/mol. The molecule has 2 unspecified atom stereocenters. The average Bonchev–Trinajstić information content (AvgIpc) is 3.38. The summed E-state index contributed by atoms with van der Waals surface area (Å²) in [6.45, 7) is 6.54. The number of hydrogen-bond acceptors (Lipinski definition) is 5. The zero-order valence-electron chi connectivity index (χ0n) is 18.2. The molecule has 7 nitrogen and oxygen atoms in total. The molecule has 2 atom stereocenters. The van der Waals surface area contributed by atoms with Gasteiger partial charge in [-0.1, -0.05) is 26.7 Å². The molecule has 0 amide bonds. The van der Waals surface area contributed by atoms with Gasteiger partial charge in [0.05, 0.1) is 22.6 Å². The van der Waals surface area contributed by atoms with E-state index in [-0.39, 0.29) is 0 Å². The second-order valence-corrected chi connectivity index (χ2v) is 9.08. The maximum Gasteiger partial charge on any atom is 0.165 e. The lowest BCUT2D eigenvalue weighted by Gasteiger charge is -2.26. The quantitative estimate of drug-likeness (QED) is 0.494. The van der Waals surface area contributed by atoms with E-state index in [1.807, 2.05) is 34.8 Å². The van der Waals surface area contributed by atoms with Crippen molar-refractivity contribution in [2.24, 2.45) is 7.05 Å². The molecule has 1 fully saturated rings. The molecule has 0 saturated carbocycles. The van der Waals surface area contributed by atoms with Crippen molar-refractivity contribution in [1.82, 2.24) is 29.7 Å². The van der Waals surface area contributed by atoms with Gasteiger partial charge < -0.3 is 10.6 Å². The fourth-order valence-electron chi connectivity index (χ4n) is 4.26. The van der Waals surface area contributed by atoms with Crippen LogP contribution >= 0.6 is 15.9 Å². The number of aryl methyl sites for hydroxylation is 1. The molecular formula is C22H32BrN7. The molecule has 3 aromatic rings. The molecule has 1 aliphatic heterocycles. The Bertz CT molecular complexity index is 987. The molecule has 0 aliphatic carbocycles. The topological polar surface area (TPSA) is 72.1 Å². The molecule has 0 spiro atoms. The Morgan fingerprint density at radius 2 is 2.17 bits per heavy atom. The highest BCUT2D eigenvalue weighted by molar-refractivity contribution is 9.10. The van der Waals surface area contributed by atoms with E-state index in [0.29, 0.717) is 12.0 Å². The number of piperidine rings is 1. The number of fused-ring (bicyclic) bond motifs is 1. The number of rotatable bonds is 8. The standard InChI is InChI=1S/C22H32BrN7/c1-4-6-9-17(5-2)27-22-19(23)20(15-8-7-10-24-11-15)28-21-18(13-26-30(21)22)16-12-25-29(3)14-16/h12-15,17,24,27H,4-11H2,1-3H3. The van der Waals surface area contributed by atoms with Gasteiger partial charge in [0.2, 0.25) is 0 Å². The van der Waals surface area contributed by atoms with Crippen molar-refractivity contribution in [3.63, 3.8) is 0 Å². The van der Waals surface area contributed by atoms with Crippen LogP contribution in [0.3, 0.4) is 0 Å². The normalized spacial score (nSPS) is 18.1. The first kappa shape index (κ1) is 21.3. The molecule has 162 valence electrons. The summed E-state index contributed by atoms with van der Waals surface area (Å²) in [6, 6.07) is 0.412. The first-order valence-electron chi connectivity index (χ1n) is 11.2. The van der Waals surface area contributed by atoms with Crippen LogP contribution in [0.2, 0.25) is 0 Å². The van der Waals surface area contributed by atoms with E-state index < -0.39 is 0 Å². The highest BCUT2D eigenvalue weighted by Crippen LogP contribution is 2.37. The number of halogens is 1. The Kier molecular flexibility index (Phi) is 6.73. The number of anilines is 1. The third-order valence-electron chi connectivity index (χ3n) is 6.05. The molecule has 1 saturated heterocycles. The number of nitrogens with one attached hydrogen (secondary N) is 2. The van der Waals surface area contributed by atoms with Crippen LogP contribution in [0, 0.1) is 0 Å². The lowest BCUT2D eigenvalue weighted by molar-refractivity contribution is 0.453. The first-order valence-corrected chi connectivity index (χ1v) is 11.9. The average molecular weight is 474 g/mol. The maximum atomic E-state index is 5.14. The zero-order chi connectivity index (χ0) is 21.1. The van der Waals surface area contributed by atoms with Gasteiger partial charge in [0.15, 0.2) is 5.65 Å². The van der Waals surface area contributed by atoms with Gasteiger partial charge in [-0.3, -0.25) is 4.68 Å². The van der Waals surface area contributed by atoms with E-state index in [2.05, 4.69) is 45.5 Å². The van der Waals surface area contributed by atoms with E-state index in [1.165, 1.54) is 19.3 Å². The molecule has 4 heterocycles. The number of aromatic nitrogens is 5. The minimum atomic E-state index is 0.394. The van der Waals surface area contributed by atoms with E-state index in [0.717, 1.165) is 65.1 Å². The van der Waals surface area contributed by atoms with Crippen molar-refractivity contribution < 1.29 is 0 Å². The summed E-state index contributed by atoms with van der Waals surface area (Å²) in [4.78, 5) is 5.14. The van der Waals surface area contributed by atoms with Crippen LogP contribution in [0.1, 0.15) is 64.0 Å². The maximum absolute atomic E-state index is 5.14. The second kappa shape index (κ2) is 9.47. The molecular weight excluding hydrogens is 442 g/mol. The van der Waals surface area contributed by atoms with E-state index in [9.17, 15) is 0 Å². The van der Waals surface area contributed by atoms with Crippen LogP contribution < -0.4 is 10.6 Å². The third-order valence-corrected chi connectivity index (χ3v) is 6.84. The molecule has 4 rings (SSSR count). The van der Waals surface area contributed by atoms with Gasteiger partial charge in [-0.2, -0.15) is 14.7 Å². The second-order valence-electron chi connectivity index (χ2n) is 8.29. The van der Waals surface area contributed by atoms with Gasteiger partial charge in [0, 0.05) is 42.9 Å². The predicted octanol–water partition coefficient (Wildman–Crippen LogP) is 4.74. The highest BCUT2D eigenvalue weighted by atomic mass is 79.9. The Morgan fingerprint density at radius 3 is 2.83 bits per heavy atom. The van der Waals surface area contributed by atoms with Crippen molar-refractivity contribution in [3.8, 4) is 11.1 Å². The van der Waals surface area contributed by atoms with Gasteiger partial charge >= 0.3 is 0 Å². The van der Waals surface area contributed by atoms with Crippen molar-refractivity contribution >= 4 is 27.4 Å². The van der Waals surface area contributed by atoms with Crippen LogP contribution in [0.5, 0.6) is 0 Å². The van der Waals surface area contributed by atoms with Crippen molar-refractivity contribution in [1.29, 1.82) is 0 Å². The van der Waals surface area contributed by atoms with Crippen molar-refractivity contribution in [3.05, 3.63) is 28.8 Å². The Labute approximate surface area is 186 Å². The van der Waals surface area contributed by atoms with Crippen molar-refractivity contribution in [2.45, 2.75) is 64.3 Å². The molecule has 0 bridgehead atoms. The zero-order valence-corrected chi connectivity index (χ0v) is 19.7. The molecule has 3 aromatic heterocycles. The van der Waals surface area contributed by atoms with Gasteiger partial charge in [0.25, 0.3) is 0 Å². The largest absolute Gasteiger partial charge is 0.366 e. The lowest BCUT2D eigenvalue weighted by atomic mass is 9.95. The summed E-state index contributed by atoms with van der Waals surface area (Å²) in [6.07, 6.45) is 12.8. The van der Waals surface area contributed by atoms with Crippen LogP contribution in [0.4, 0.5) is 5.82 Å². The SMILES string of the molecule is CCCCC(CC)Nc1c(Br)c(C2CCCNC2)nc2c(-c3cnn(C)c3)cnn12. The number of nitrogens with zero attached hydrogens (tertiary/aromatic N) is 5. The summed E-state index contributed by atoms with van der Waals surface area (Å²) in [5.74, 6) is 1.41. The first-order chi connectivity index (χ1) is 14.6. The summed E-state index contributed by atoms with van der Waals surface area (Å²) in [7, 11) is 1.94. The van der Waals surface area contributed by atoms with Crippen molar-refractivity contribution in [2.75, 3.05) is 18.4 Å². The van der Waals surface area contributed by atoms with Gasteiger partial charge in [0.1, 0.15) is 5.82 Å². The third kappa shape index (κ3) is 4.25. The molecule has 1 aliphatic rings. The van der Waals surface area contributed by atoms with Crippen LogP contribution in [0.15, 0.2) is 23.1 Å². The summed E-state index contributed by atoms with van der Waals surface area (Å²) in [5, 5.41) is 16.4. The van der Waals surface area contributed by atoms with E-state index in [1.54, 1.807) is 0 Å². The van der Waals surface area contributed by atoms with Gasteiger partial charge in [-0.15, -0.1) is 0 Å². The van der Waals surface area contributed by atoms with Gasteiger partial charge in [-0.25, -0.2) is 4.98 Å². The Hall–Kier alpha value is -1.93. The fourth-order valence-corrected chi connectivity index (χ4v) is 4.95. The molecule has 0 radical (unpaired) electrons. The lowest BCUT2D eigenvalue weighted by Crippen LogP contribution is -2.29. The van der Waals surface area contributed by atoms with Gasteiger partial charge in [-0.05, 0) is 48.2 Å². The summed E-state index contributed by atoms with van der Waals surface area (Å²) in [5.41, 5.74) is 4.07. The monoisotopic (exact) mass is 473 g/mol. The van der Waals surface area contributed by atoms with E-state index in [4.69, 9.17) is 10.1 Å². The Morgan fingerprint density at radius 1 is 1.30 bits per heavy atom. The minimum absolute atomic E-state index is 0.394. The smallest absolute Gasteiger partial charge is 0.165 e. The Balaban J connectivity index is 1.82. The molecule has 0 aromatic carbocycles. The number of hydrogen-bond donors (Lipinski definition) is 2. The van der Waals surface area contributed by atoms with E-state index >= 15 is 0 Å². The summed E-state index contributed by atoms with van der Waals surface area (Å²) < 4.78 is 4.82. The molecule has 8 heteroatoms. The number of unbranched alkanes of at least 4 members (excludes halogenated alkanes) is 1. The van der Waals surface area contributed by atoms with Crippen LogP contribution in [0.25, 0.3) is 16.8 Å². The summed E-state index contributed by atoms with van der Waals surface area (Å²) >= 11 is 3.90. The van der Waals surface area contributed by atoms with Crippen LogP contribution in [-0.2, 0) is 7.05 Å². The minimum Gasteiger partial charge on any atom is -0.366 e. The highest BCUT2D eigenvalue weighted by Gasteiger charge is 2.25. The molecule has 2 N–H and O–H groups in total.